The lowest BCUT2D eigenvalue weighted by atomic mass is 10.4. The second kappa shape index (κ2) is 3.05. The number of nitrogens with zero attached hydrogens (tertiary/aromatic N) is 3. The number of aromatic amines is 1. The van der Waals surface area contributed by atoms with Crippen LogP contribution in [0.25, 0.3) is 0 Å². The number of H-pyrrole nitrogens is 1. The summed E-state index contributed by atoms with van der Waals surface area (Å²) in [4.78, 5) is 17.9. The number of hydrogen-bond acceptors (Lipinski definition) is 3. The smallest absolute Gasteiger partial charge is 0.293 e. The molecular formula is C10H14N4O. The van der Waals surface area contributed by atoms with Crippen molar-refractivity contribution in [3.8, 4) is 0 Å². The van der Waals surface area contributed by atoms with Gasteiger partial charge in [0.05, 0.1) is 0 Å². The molecule has 2 aliphatic carbocycles. The molecule has 0 bridgehead atoms. The number of nitrogens with one attached hydrogen (secondary N) is 1. The highest BCUT2D eigenvalue weighted by molar-refractivity contribution is 5.90. The van der Waals surface area contributed by atoms with Gasteiger partial charge >= 0.3 is 0 Å². The van der Waals surface area contributed by atoms with Crippen LogP contribution < -0.4 is 0 Å². The molecule has 0 radical (unpaired) electrons. The van der Waals surface area contributed by atoms with Gasteiger partial charge < -0.3 is 4.90 Å². The van der Waals surface area contributed by atoms with Crippen molar-refractivity contribution in [2.75, 3.05) is 7.05 Å². The highest BCUT2D eigenvalue weighted by atomic mass is 16.2. The van der Waals surface area contributed by atoms with Crippen molar-refractivity contribution >= 4 is 5.91 Å². The van der Waals surface area contributed by atoms with Crippen LogP contribution >= 0.6 is 0 Å². The lowest BCUT2D eigenvalue weighted by Crippen LogP contribution is -2.29. The first-order chi connectivity index (χ1) is 7.25. The predicted octanol–water partition coefficient (Wildman–Crippen LogP) is 0.916. The van der Waals surface area contributed by atoms with Crippen LogP contribution in [0, 0.1) is 0 Å². The highest BCUT2D eigenvalue weighted by Crippen LogP contribution is 2.37. The van der Waals surface area contributed by atoms with Gasteiger partial charge in [-0.2, -0.15) is 0 Å². The average Bonchev–Trinajstić information content (AvgIpc) is 3.14. The van der Waals surface area contributed by atoms with E-state index in [2.05, 4.69) is 15.2 Å². The van der Waals surface area contributed by atoms with Gasteiger partial charge in [0.25, 0.3) is 5.91 Å². The van der Waals surface area contributed by atoms with Crippen molar-refractivity contribution < 1.29 is 4.79 Å². The zero-order valence-electron chi connectivity index (χ0n) is 8.73. The summed E-state index contributed by atoms with van der Waals surface area (Å²) < 4.78 is 0. The van der Waals surface area contributed by atoms with Crippen molar-refractivity contribution in [2.45, 2.75) is 37.6 Å². The predicted molar refractivity (Wildman–Crippen MR) is 53.5 cm³/mol. The summed E-state index contributed by atoms with van der Waals surface area (Å²) in [6, 6.07) is 0.417. The zero-order valence-corrected chi connectivity index (χ0v) is 8.73. The molecular weight excluding hydrogens is 192 g/mol. The van der Waals surface area contributed by atoms with Crippen LogP contribution in [0.4, 0.5) is 0 Å². The summed E-state index contributed by atoms with van der Waals surface area (Å²) in [6.45, 7) is 0. The zero-order chi connectivity index (χ0) is 10.4. The van der Waals surface area contributed by atoms with Crippen molar-refractivity contribution in [3.05, 3.63) is 11.6 Å². The van der Waals surface area contributed by atoms with E-state index in [0.717, 1.165) is 18.7 Å². The molecule has 0 saturated heterocycles. The van der Waals surface area contributed by atoms with E-state index in [1.54, 1.807) is 4.90 Å². The van der Waals surface area contributed by atoms with E-state index in [1.165, 1.54) is 12.8 Å². The van der Waals surface area contributed by atoms with Crippen LogP contribution in [0.5, 0.6) is 0 Å². The Bertz CT molecular complexity index is 392. The molecule has 1 N–H and O–H groups in total. The normalized spacial score (nSPS) is 20.3. The molecule has 2 aliphatic rings. The SMILES string of the molecule is CN(C(=O)c1n[nH]c(C2CC2)n1)C1CC1. The van der Waals surface area contributed by atoms with Gasteiger partial charge in [-0.3, -0.25) is 9.89 Å². The van der Waals surface area contributed by atoms with E-state index in [9.17, 15) is 4.79 Å². The molecule has 0 aliphatic heterocycles. The number of carbonyl (C=O) groups is 1. The molecule has 0 unspecified atom stereocenters. The van der Waals surface area contributed by atoms with Gasteiger partial charge in [-0.1, -0.05) is 0 Å². The maximum Gasteiger partial charge on any atom is 0.293 e. The minimum Gasteiger partial charge on any atom is -0.336 e. The van der Waals surface area contributed by atoms with E-state index in [-0.39, 0.29) is 5.91 Å². The van der Waals surface area contributed by atoms with Crippen LogP contribution in [-0.4, -0.2) is 39.1 Å². The molecule has 1 heterocycles. The molecule has 0 spiro atoms. The monoisotopic (exact) mass is 206 g/mol. The fourth-order valence-corrected chi connectivity index (χ4v) is 1.69. The van der Waals surface area contributed by atoms with E-state index < -0.39 is 0 Å². The van der Waals surface area contributed by atoms with Gasteiger partial charge in [-0.15, -0.1) is 5.10 Å². The highest BCUT2D eigenvalue weighted by Gasteiger charge is 2.33. The summed E-state index contributed by atoms with van der Waals surface area (Å²) in [5, 5.41) is 6.84. The second-order valence-corrected chi connectivity index (χ2v) is 4.47. The Hall–Kier alpha value is -1.39. The molecule has 5 nitrogen and oxygen atoms in total. The van der Waals surface area contributed by atoms with Crippen molar-refractivity contribution in [1.29, 1.82) is 0 Å². The third-order valence-electron chi connectivity index (χ3n) is 3.07. The second-order valence-electron chi connectivity index (χ2n) is 4.47. The molecule has 1 aromatic rings. The summed E-state index contributed by atoms with van der Waals surface area (Å²) in [5.41, 5.74) is 0. The van der Waals surface area contributed by atoms with Gasteiger partial charge in [-0.25, -0.2) is 4.98 Å². The molecule has 1 aromatic heterocycles. The summed E-state index contributed by atoms with van der Waals surface area (Å²) >= 11 is 0. The molecule has 15 heavy (non-hydrogen) atoms. The number of amides is 1. The van der Waals surface area contributed by atoms with Crippen LogP contribution in [0.2, 0.25) is 0 Å². The molecule has 0 aromatic carbocycles. The standard InChI is InChI=1S/C10H14N4O/c1-14(7-4-5-7)10(15)9-11-8(12-13-9)6-2-3-6/h6-7H,2-5H2,1H3,(H,11,12,13). The largest absolute Gasteiger partial charge is 0.336 e. The Morgan fingerprint density at radius 3 is 2.73 bits per heavy atom. The van der Waals surface area contributed by atoms with Crippen LogP contribution in [0.3, 0.4) is 0 Å². The third-order valence-corrected chi connectivity index (χ3v) is 3.07. The molecule has 80 valence electrons. The Kier molecular flexibility index (Phi) is 1.81. The fourth-order valence-electron chi connectivity index (χ4n) is 1.69. The van der Waals surface area contributed by atoms with Gasteiger partial charge in [0, 0.05) is 19.0 Å². The van der Waals surface area contributed by atoms with Crippen LogP contribution in [0.1, 0.15) is 48.0 Å². The number of carbonyl (C=O) groups excluding carboxylic acids is 1. The Labute approximate surface area is 87.9 Å². The summed E-state index contributed by atoms with van der Waals surface area (Å²) in [7, 11) is 1.83. The maximum absolute atomic E-state index is 11.9. The summed E-state index contributed by atoms with van der Waals surface area (Å²) in [5.74, 6) is 1.67. The first kappa shape index (κ1) is 8.88. The topological polar surface area (TPSA) is 61.9 Å². The summed E-state index contributed by atoms with van der Waals surface area (Å²) in [6.07, 6.45) is 4.56. The molecule has 0 atom stereocenters. The minimum atomic E-state index is -0.0550. The Morgan fingerprint density at radius 1 is 1.40 bits per heavy atom. The van der Waals surface area contributed by atoms with Crippen molar-refractivity contribution in [1.82, 2.24) is 20.1 Å². The van der Waals surface area contributed by atoms with Crippen LogP contribution in [-0.2, 0) is 0 Å². The Morgan fingerprint density at radius 2 is 2.13 bits per heavy atom. The minimum absolute atomic E-state index is 0.0550. The molecule has 3 rings (SSSR count). The van der Waals surface area contributed by atoms with E-state index in [1.807, 2.05) is 7.05 Å². The van der Waals surface area contributed by atoms with Crippen molar-refractivity contribution in [2.24, 2.45) is 0 Å². The van der Waals surface area contributed by atoms with Gasteiger partial charge in [0.2, 0.25) is 5.82 Å². The average molecular weight is 206 g/mol. The number of hydrogen-bond donors (Lipinski definition) is 1. The number of rotatable bonds is 3. The lowest BCUT2D eigenvalue weighted by molar-refractivity contribution is 0.0773. The van der Waals surface area contributed by atoms with Crippen LogP contribution in [0.15, 0.2) is 0 Å². The third kappa shape index (κ3) is 1.62. The lowest BCUT2D eigenvalue weighted by Gasteiger charge is -2.12. The molecule has 5 heteroatoms. The Balaban J connectivity index is 1.75. The van der Waals surface area contributed by atoms with Gasteiger partial charge in [-0.05, 0) is 25.7 Å². The van der Waals surface area contributed by atoms with E-state index in [4.69, 9.17) is 0 Å². The van der Waals surface area contributed by atoms with Crippen molar-refractivity contribution in [3.63, 3.8) is 0 Å². The van der Waals surface area contributed by atoms with E-state index in [0.29, 0.717) is 17.8 Å². The first-order valence-corrected chi connectivity index (χ1v) is 5.45. The van der Waals surface area contributed by atoms with E-state index >= 15 is 0 Å². The molecule has 1 amide bonds. The maximum atomic E-state index is 11.9. The quantitative estimate of drug-likeness (QED) is 0.799. The molecule has 2 saturated carbocycles. The van der Waals surface area contributed by atoms with Gasteiger partial charge in [0.15, 0.2) is 0 Å². The van der Waals surface area contributed by atoms with Gasteiger partial charge in [0.1, 0.15) is 5.82 Å². The molecule has 2 fully saturated rings. The number of aromatic nitrogens is 3. The fraction of sp³-hybridized carbons (Fsp3) is 0.700. The first-order valence-electron chi connectivity index (χ1n) is 5.45.